The van der Waals surface area contributed by atoms with Gasteiger partial charge in [-0.2, -0.15) is 0 Å². The lowest BCUT2D eigenvalue weighted by molar-refractivity contribution is -0.128. The highest BCUT2D eigenvalue weighted by molar-refractivity contribution is 6.09. The van der Waals surface area contributed by atoms with Crippen molar-refractivity contribution in [1.29, 1.82) is 0 Å². The number of hydrogen-bond acceptors (Lipinski definition) is 5. The van der Waals surface area contributed by atoms with E-state index in [1.54, 1.807) is 11.9 Å². The lowest BCUT2D eigenvalue weighted by Crippen LogP contribution is -2.38. The van der Waals surface area contributed by atoms with E-state index in [-0.39, 0.29) is 18.6 Å². The molecular weight excluding hydrogens is 398 g/mol. The number of hydrogen-bond donors (Lipinski definition) is 1. The third-order valence-electron chi connectivity index (χ3n) is 6.18. The molecule has 1 amide bonds. The van der Waals surface area contributed by atoms with Crippen LogP contribution in [0.3, 0.4) is 0 Å². The molecule has 2 aromatic rings. The second-order valence-corrected chi connectivity index (χ2v) is 8.37. The highest BCUT2D eigenvalue weighted by Gasteiger charge is 2.23. The SMILES string of the molecule is C/C=C(\C=NC(C)N1CCC(c2ccccn2)CC1)c1cccc(CN(C)C(=O)CN)c1. The Balaban J connectivity index is 1.59. The third-order valence-corrected chi connectivity index (χ3v) is 6.18. The average Bonchev–Trinajstić information content (AvgIpc) is 2.84. The standard InChI is InChI=1S/C26H35N5O/c1-4-22(24-9-7-8-21(16-24)19-30(3)26(32)17-27)18-29-20(2)31-14-11-23(12-15-31)25-10-5-6-13-28-25/h4-10,13,16,18,20,23H,11-12,14-15,17,19,27H2,1-3H3/b22-4+,29-18?. The van der Waals surface area contributed by atoms with Gasteiger partial charge in [-0.3, -0.25) is 19.7 Å². The number of allylic oxidation sites excluding steroid dienone is 2. The molecule has 0 bridgehead atoms. The van der Waals surface area contributed by atoms with Gasteiger partial charge in [0.25, 0.3) is 0 Å². The second-order valence-electron chi connectivity index (χ2n) is 8.37. The van der Waals surface area contributed by atoms with Gasteiger partial charge >= 0.3 is 0 Å². The van der Waals surface area contributed by atoms with Gasteiger partial charge < -0.3 is 10.6 Å². The van der Waals surface area contributed by atoms with E-state index in [0.717, 1.165) is 42.6 Å². The van der Waals surface area contributed by atoms with E-state index in [0.29, 0.717) is 12.5 Å². The first-order valence-corrected chi connectivity index (χ1v) is 11.4. The van der Waals surface area contributed by atoms with Gasteiger partial charge in [-0.05, 0) is 61.6 Å². The second kappa shape index (κ2) is 11.7. The molecular formula is C26H35N5O. The number of piperidine rings is 1. The molecule has 2 N–H and O–H groups in total. The van der Waals surface area contributed by atoms with Crippen LogP contribution in [0.1, 0.15) is 49.4 Å². The summed E-state index contributed by atoms with van der Waals surface area (Å²) in [6.07, 6.45) is 8.30. The van der Waals surface area contributed by atoms with Gasteiger partial charge in [0.15, 0.2) is 0 Å². The fourth-order valence-corrected chi connectivity index (χ4v) is 4.15. The van der Waals surface area contributed by atoms with Gasteiger partial charge in [0.05, 0.1) is 12.7 Å². The van der Waals surface area contributed by atoms with Gasteiger partial charge in [-0.1, -0.05) is 30.3 Å². The summed E-state index contributed by atoms with van der Waals surface area (Å²) >= 11 is 0. The van der Waals surface area contributed by atoms with Crippen LogP contribution in [0.25, 0.3) is 5.57 Å². The maximum Gasteiger partial charge on any atom is 0.236 e. The summed E-state index contributed by atoms with van der Waals surface area (Å²) in [5.41, 5.74) is 9.93. The monoisotopic (exact) mass is 433 g/mol. The lowest BCUT2D eigenvalue weighted by Gasteiger charge is -2.34. The number of aromatic nitrogens is 1. The Bertz CT molecular complexity index is 932. The van der Waals surface area contributed by atoms with Gasteiger partial charge in [0.1, 0.15) is 0 Å². The molecule has 1 aliphatic rings. The van der Waals surface area contributed by atoms with E-state index in [4.69, 9.17) is 10.7 Å². The lowest BCUT2D eigenvalue weighted by atomic mass is 9.93. The molecule has 1 fully saturated rings. The highest BCUT2D eigenvalue weighted by Crippen LogP contribution is 2.27. The van der Waals surface area contributed by atoms with Crippen molar-refractivity contribution in [3.8, 4) is 0 Å². The van der Waals surface area contributed by atoms with Crippen LogP contribution in [0, 0.1) is 0 Å². The van der Waals surface area contributed by atoms with Crippen LogP contribution in [0.4, 0.5) is 0 Å². The molecule has 0 spiro atoms. The van der Waals surface area contributed by atoms with E-state index in [1.807, 2.05) is 37.5 Å². The van der Waals surface area contributed by atoms with Crippen LogP contribution in [-0.4, -0.2) is 59.8 Å². The van der Waals surface area contributed by atoms with E-state index >= 15 is 0 Å². The molecule has 0 radical (unpaired) electrons. The number of amides is 1. The van der Waals surface area contributed by atoms with Crippen molar-refractivity contribution in [2.45, 2.75) is 45.3 Å². The molecule has 0 saturated carbocycles. The largest absolute Gasteiger partial charge is 0.340 e. The summed E-state index contributed by atoms with van der Waals surface area (Å²) in [4.78, 5) is 25.3. The first-order chi connectivity index (χ1) is 15.5. The molecule has 32 heavy (non-hydrogen) atoms. The Morgan fingerprint density at radius 3 is 2.72 bits per heavy atom. The van der Waals surface area contributed by atoms with E-state index in [1.165, 1.54) is 5.69 Å². The molecule has 170 valence electrons. The minimum absolute atomic E-state index is 0.0277. The molecule has 1 saturated heterocycles. The number of nitrogens with zero attached hydrogens (tertiary/aromatic N) is 4. The van der Waals surface area contributed by atoms with Crippen molar-refractivity contribution >= 4 is 17.7 Å². The Morgan fingerprint density at radius 1 is 1.28 bits per heavy atom. The number of rotatable bonds is 8. The molecule has 1 aliphatic heterocycles. The number of pyridine rings is 1. The fourth-order valence-electron chi connectivity index (χ4n) is 4.15. The number of benzene rings is 1. The number of aliphatic imine (C=N–C) groups is 1. The Morgan fingerprint density at radius 2 is 2.06 bits per heavy atom. The van der Waals surface area contributed by atoms with Crippen molar-refractivity contribution < 1.29 is 4.79 Å². The van der Waals surface area contributed by atoms with Crippen molar-refractivity contribution in [3.05, 3.63) is 71.6 Å². The Kier molecular flexibility index (Phi) is 8.71. The predicted octanol–water partition coefficient (Wildman–Crippen LogP) is 3.70. The number of carbonyl (C=O) groups is 1. The Hall–Kier alpha value is -2.83. The first-order valence-electron chi connectivity index (χ1n) is 11.4. The van der Waals surface area contributed by atoms with E-state index in [9.17, 15) is 4.79 Å². The first kappa shape index (κ1) is 23.8. The van der Waals surface area contributed by atoms with Gasteiger partial charge in [0, 0.05) is 50.7 Å². The van der Waals surface area contributed by atoms with Crippen LogP contribution in [0.15, 0.2) is 59.7 Å². The van der Waals surface area contributed by atoms with E-state index in [2.05, 4.69) is 47.1 Å². The molecule has 3 rings (SSSR count). The van der Waals surface area contributed by atoms with Crippen LogP contribution in [0.5, 0.6) is 0 Å². The maximum atomic E-state index is 11.8. The smallest absolute Gasteiger partial charge is 0.236 e. The van der Waals surface area contributed by atoms with Gasteiger partial charge in [0.2, 0.25) is 5.91 Å². The molecule has 1 unspecified atom stereocenters. The third kappa shape index (κ3) is 6.34. The topological polar surface area (TPSA) is 74.8 Å². The van der Waals surface area contributed by atoms with Crippen molar-refractivity contribution in [2.24, 2.45) is 10.7 Å². The van der Waals surface area contributed by atoms with Crippen molar-refractivity contribution in [2.75, 3.05) is 26.7 Å². The Labute approximate surface area is 191 Å². The summed E-state index contributed by atoms with van der Waals surface area (Å²) in [5, 5.41) is 0. The van der Waals surface area contributed by atoms with Gasteiger partial charge in [-0.25, -0.2) is 0 Å². The molecule has 0 aliphatic carbocycles. The number of likely N-dealkylation sites (N-methyl/N-ethyl adjacent to an activating group) is 1. The van der Waals surface area contributed by atoms with Crippen molar-refractivity contribution in [1.82, 2.24) is 14.8 Å². The fraction of sp³-hybridized carbons (Fsp3) is 0.423. The normalized spacial score (nSPS) is 16.9. The summed E-state index contributed by atoms with van der Waals surface area (Å²) < 4.78 is 0. The number of likely N-dealkylation sites (tertiary alicyclic amines) is 1. The zero-order valence-electron chi connectivity index (χ0n) is 19.4. The minimum Gasteiger partial charge on any atom is -0.340 e. The van der Waals surface area contributed by atoms with Crippen molar-refractivity contribution in [3.63, 3.8) is 0 Å². The van der Waals surface area contributed by atoms with E-state index < -0.39 is 0 Å². The summed E-state index contributed by atoms with van der Waals surface area (Å²) in [5.74, 6) is 0.477. The number of carbonyl (C=O) groups excluding carboxylic acids is 1. The average molecular weight is 434 g/mol. The zero-order chi connectivity index (χ0) is 22.9. The van der Waals surface area contributed by atoms with Gasteiger partial charge in [-0.15, -0.1) is 0 Å². The quantitative estimate of drug-likeness (QED) is 0.644. The minimum atomic E-state index is -0.0659. The van der Waals surface area contributed by atoms with Crippen LogP contribution in [0.2, 0.25) is 0 Å². The summed E-state index contributed by atoms with van der Waals surface area (Å²) in [6, 6.07) is 14.4. The zero-order valence-corrected chi connectivity index (χ0v) is 19.4. The summed E-state index contributed by atoms with van der Waals surface area (Å²) in [7, 11) is 1.78. The molecule has 1 aromatic heterocycles. The van der Waals surface area contributed by atoms with Crippen LogP contribution < -0.4 is 5.73 Å². The molecule has 6 nitrogen and oxygen atoms in total. The predicted molar refractivity (Wildman–Crippen MR) is 131 cm³/mol. The molecule has 1 aromatic carbocycles. The maximum absolute atomic E-state index is 11.8. The highest BCUT2D eigenvalue weighted by atomic mass is 16.2. The summed E-state index contributed by atoms with van der Waals surface area (Å²) in [6.45, 7) is 6.82. The number of nitrogens with two attached hydrogens (primary N) is 1. The molecule has 2 heterocycles. The molecule has 1 atom stereocenters. The van der Waals surface area contributed by atoms with Crippen LogP contribution in [-0.2, 0) is 11.3 Å². The van der Waals surface area contributed by atoms with Crippen LogP contribution >= 0.6 is 0 Å². The molecule has 6 heteroatoms.